The number of benzene rings is 2. The topological polar surface area (TPSA) is 21.3 Å². The van der Waals surface area contributed by atoms with E-state index in [4.69, 9.17) is 4.74 Å². The SMILES string of the molecule is FC(F)Sc1ccccc1NCCOc1ccc(Br)cc1. The van der Waals surface area contributed by atoms with Crippen LogP contribution in [0.15, 0.2) is 57.9 Å². The molecule has 0 atom stereocenters. The summed E-state index contributed by atoms with van der Waals surface area (Å²) >= 11 is 3.89. The van der Waals surface area contributed by atoms with Crippen molar-refractivity contribution in [2.75, 3.05) is 18.5 Å². The highest BCUT2D eigenvalue weighted by molar-refractivity contribution is 9.10. The van der Waals surface area contributed by atoms with Crippen molar-refractivity contribution >= 4 is 33.4 Å². The Morgan fingerprint density at radius 3 is 2.52 bits per heavy atom. The van der Waals surface area contributed by atoms with Gasteiger partial charge in [-0.2, -0.15) is 8.78 Å². The van der Waals surface area contributed by atoms with Crippen LogP contribution in [0, 0.1) is 0 Å². The first-order valence-electron chi connectivity index (χ1n) is 6.31. The van der Waals surface area contributed by atoms with Gasteiger partial charge in [-0.1, -0.05) is 39.8 Å². The standard InChI is InChI=1S/C15H14BrF2NOS/c16-11-5-7-12(8-6-11)20-10-9-19-13-3-1-2-4-14(13)21-15(17)18/h1-8,15,19H,9-10H2. The molecule has 0 heterocycles. The zero-order chi connectivity index (χ0) is 15.1. The fraction of sp³-hybridized carbons (Fsp3) is 0.200. The van der Waals surface area contributed by atoms with E-state index in [1.165, 1.54) is 0 Å². The van der Waals surface area contributed by atoms with Gasteiger partial charge in [-0.15, -0.1) is 0 Å². The number of hydrogen-bond donors (Lipinski definition) is 1. The van der Waals surface area contributed by atoms with Crippen LogP contribution in [0.3, 0.4) is 0 Å². The molecule has 0 aliphatic heterocycles. The van der Waals surface area contributed by atoms with Gasteiger partial charge in [-0.05, 0) is 36.4 Å². The maximum Gasteiger partial charge on any atom is 0.288 e. The van der Waals surface area contributed by atoms with Gasteiger partial charge >= 0.3 is 0 Å². The monoisotopic (exact) mass is 373 g/mol. The zero-order valence-corrected chi connectivity index (χ0v) is 13.5. The van der Waals surface area contributed by atoms with E-state index in [-0.39, 0.29) is 0 Å². The predicted molar refractivity (Wildman–Crippen MR) is 86.4 cm³/mol. The predicted octanol–water partition coefficient (Wildman–Crippen LogP) is 5.25. The fourth-order valence-corrected chi connectivity index (χ4v) is 2.58. The summed E-state index contributed by atoms with van der Waals surface area (Å²) in [7, 11) is 0. The summed E-state index contributed by atoms with van der Waals surface area (Å²) in [4.78, 5) is 0.538. The molecule has 0 amide bonds. The molecule has 0 saturated heterocycles. The summed E-state index contributed by atoms with van der Waals surface area (Å²) in [5.74, 6) is -1.65. The van der Waals surface area contributed by atoms with Crippen molar-refractivity contribution in [3.63, 3.8) is 0 Å². The van der Waals surface area contributed by atoms with Crippen molar-refractivity contribution in [1.82, 2.24) is 0 Å². The summed E-state index contributed by atoms with van der Waals surface area (Å²) in [6.45, 7) is 0.992. The van der Waals surface area contributed by atoms with E-state index in [2.05, 4.69) is 21.2 Å². The second-order valence-electron chi connectivity index (χ2n) is 4.10. The van der Waals surface area contributed by atoms with Crippen molar-refractivity contribution in [3.8, 4) is 5.75 Å². The third-order valence-corrected chi connectivity index (χ3v) is 3.92. The van der Waals surface area contributed by atoms with Gasteiger partial charge in [0.2, 0.25) is 0 Å². The van der Waals surface area contributed by atoms with Crippen LogP contribution in [0.1, 0.15) is 0 Å². The lowest BCUT2D eigenvalue weighted by Crippen LogP contribution is -2.12. The van der Waals surface area contributed by atoms with Gasteiger partial charge in [0.05, 0.1) is 0 Å². The Hall–Kier alpha value is -1.27. The molecule has 2 aromatic rings. The number of halogens is 3. The van der Waals surface area contributed by atoms with E-state index in [9.17, 15) is 8.78 Å². The van der Waals surface area contributed by atoms with Crippen molar-refractivity contribution in [1.29, 1.82) is 0 Å². The molecule has 0 aliphatic carbocycles. The molecule has 6 heteroatoms. The van der Waals surface area contributed by atoms with Crippen LogP contribution in [-0.2, 0) is 0 Å². The van der Waals surface area contributed by atoms with Gasteiger partial charge in [0.15, 0.2) is 0 Å². The molecule has 0 bridgehead atoms. The van der Waals surface area contributed by atoms with E-state index in [1.54, 1.807) is 18.2 Å². The van der Waals surface area contributed by atoms with Crippen LogP contribution in [0.4, 0.5) is 14.5 Å². The van der Waals surface area contributed by atoms with E-state index >= 15 is 0 Å². The second-order valence-corrected chi connectivity index (χ2v) is 6.05. The molecule has 0 aromatic heterocycles. The lowest BCUT2D eigenvalue weighted by Gasteiger charge is -2.12. The smallest absolute Gasteiger partial charge is 0.288 e. The minimum atomic E-state index is -2.42. The molecule has 0 radical (unpaired) electrons. The molecule has 2 aromatic carbocycles. The van der Waals surface area contributed by atoms with Crippen LogP contribution < -0.4 is 10.1 Å². The Morgan fingerprint density at radius 1 is 1.10 bits per heavy atom. The van der Waals surface area contributed by atoms with E-state index < -0.39 is 5.76 Å². The van der Waals surface area contributed by atoms with Gasteiger partial charge < -0.3 is 10.1 Å². The number of alkyl halides is 2. The van der Waals surface area contributed by atoms with Crippen molar-refractivity contribution in [3.05, 3.63) is 53.0 Å². The Kier molecular flexibility index (Phi) is 6.32. The third kappa shape index (κ3) is 5.55. The maximum atomic E-state index is 12.4. The highest BCUT2D eigenvalue weighted by atomic mass is 79.9. The molecule has 1 N–H and O–H groups in total. The summed E-state index contributed by atoms with van der Waals surface area (Å²) in [5.41, 5.74) is 0.696. The summed E-state index contributed by atoms with van der Waals surface area (Å²) in [6, 6.07) is 14.5. The Morgan fingerprint density at radius 2 is 1.81 bits per heavy atom. The van der Waals surface area contributed by atoms with Crippen molar-refractivity contribution < 1.29 is 13.5 Å². The molecule has 0 unspecified atom stereocenters. The van der Waals surface area contributed by atoms with Crippen LogP contribution >= 0.6 is 27.7 Å². The highest BCUT2D eigenvalue weighted by Gasteiger charge is 2.08. The molecule has 0 fully saturated rings. The van der Waals surface area contributed by atoms with E-state index in [0.29, 0.717) is 35.5 Å². The summed E-state index contributed by atoms with van der Waals surface area (Å²) in [6.07, 6.45) is 0. The zero-order valence-electron chi connectivity index (χ0n) is 11.1. The molecule has 21 heavy (non-hydrogen) atoms. The summed E-state index contributed by atoms with van der Waals surface area (Å²) < 4.78 is 31.5. The van der Waals surface area contributed by atoms with E-state index in [0.717, 1.165) is 10.2 Å². The minimum absolute atomic E-state index is 0.454. The van der Waals surface area contributed by atoms with Crippen LogP contribution in [0.5, 0.6) is 5.75 Å². The van der Waals surface area contributed by atoms with E-state index in [1.807, 2.05) is 30.3 Å². The Bertz CT molecular complexity index is 566. The van der Waals surface area contributed by atoms with Gasteiger partial charge in [-0.25, -0.2) is 0 Å². The Balaban J connectivity index is 1.82. The van der Waals surface area contributed by atoms with Crippen molar-refractivity contribution in [2.24, 2.45) is 0 Å². The molecular formula is C15H14BrF2NOS. The van der Waals surface area contributed by atoms with Gasteiger partial charge in [0, 0.05) is 21.6 Å². The number of thioether (sulfide) groups is 1. The first-order chi connectivity index (χ1) is 10.1. The number of ether oxygens (including phenoxy) is 1. The second kappa shape index (κ2) is 8.24. The molecule has 2 rings (SSSR count). The molecule has 0 aliphatic rings. The van der Waals surface area contributed by atoms with Gasteiger partial charge in [-0.3, -0.25) is 0 Å². The Labute approximate surface area is 135 Å². The number of hydrogen-bond acceptors (Lipinski definition) is 3. The first-order valence-corrected chi connectivity index (χ1v) is 7.98. The molecular weight excluding hydrogens is 360 g/mol. The fourth-order valence-electron chi connectivity index (χ4n) is 1.70. The van der Waals surface area contributed by atoms with Crippen LogP contribution in [0.25, 0.3) is 0 Å². The lowest BCUT2D eigenvalue weighted by atomic mass is 10.3. The van der Waals surface area contributed by atoms with Gasteiger partial charge in [0.1, 0.15) is 12.4 Å². The van der Waals surface area contributed by atoms with Crippen molar-refractivity contribution in [2.45, 2.75) is 10.7 Å². The molecule has 112 valence electrons. The largest absolute Gasteiger partial charge is 0.492 e. The van der Waals surface area contributed by atoms with Crippen LogP contribution in [-0.4, -0.2) is 18.9 Å². The number of para-hydroxylation sites is 1. The number of anilines is 1. The number of nitrogens with one attached hydrogen (secondary N) is 1. The maximum absolute atomic E-state index is 12.4. The average molecular weight is 374 g/mol. The normalized spacial score (nSPS) is 10.7. The molecule has 0 saturated carbocycles. The lowest BCUT2D eigenvalue weighted by molar-refractivity contribution is 0.252. The summed E-state index contributed by atoms with van der Waals surface area (Å²) in [5, 5.41) is 3.11. The molecule has 0 spiro atoms. The highest BCUT2D eigenvalue weighted by Crippen LogP contribution is 2.31. The van der Waals surface area contributed by atoms with Crippen LogP contribution in [0.2, 0.25) is 0 Å². The minimum Gasteiger partial charge on any atom is -0.492 e. The van der Waals surface area contributed by atoms with Gasteiger partial charge in [0.25, 0.3) is 5.76 Å². The average Bonchev–Trinajstić information content (AvgIpc) is 2.46. The third-order valence-electron chi connectivity index (χ3n) is 2.60. The molecule has 2 nitrogen and oxygen atoms in total. The number of rotatable bonds is 7. The quantitative estimate of drug-likeness (QED) is 0.528. The first kappa shape index (κ1) is 16.1.